The Balaban J connectivity index is 1.43. The molecule has 7 heteroatoms. The Hall–Kier alpha value is -2.93. The second-order valence-corrected chi connectivity index (χ2v) is 7.71. The fraction of sp³-hybridized carbons (Fsp3) is 0.333. The molecule has 0 spiro atoms. The van der Waals surface area contributed by atoms with E-state index < -0.39 is 0 Å². The van der Waals surface area contributed by atoms with Crippen molar-refractivity contribution in [3.63, 3.8) is 0 Å². The average molecular weight is 379 g/mol. The number of benzene rings is 1. The van der Waals surface area contributed by atoms with Gasteiger partial charge in [-0.1, -0.05) is 12.1 Å². The lowest BCUT2D eigenvalue weighted by molar-refractivity contribution is 0.0556. The molecule has 0 aliphatic carbocycles. The predicted molar refractivity (Wildman–Crippen MR) is 102 cm³/mol. The van der Waals surface area contributed by atoms with Gasteiger partial charge >= 0.3 is 0 Å². The first-order valence-corrected chi connectivity index (χ1v) is 9.50. The van der Waals surface area contributed by atoms with Gasteiger partial charge in [-0.3, -0.25) is 14.4 Å². The fourth-order valence-corrected chi connectivity index (χ4v) is 4.50. The minimum Gasteiger partial charge on any atom is -0.337 e. The van der Waals surface area contributed by atoms with Gasteiger partial charge in [0.05, 0.1) is 18.3 Å². The first-order valence-electron chi connectivity index (χ1n) is 9.50. The summed E-state index contributed by atoms with van der Waals surface area (Å²) < 4.78 is 17.2. The number of rotatable bonds is 4. The van der Waals surface area contributed by atoms with Crippen molar-refractivity contribution in [2.24, 2.45) is 7.05 Å². The van der Waals surface area contributed by atoms with E-state index in [1.165, 1.54) is 17.7 Å². The number of aryl methyl sites for hydroxylation is 1. The number of hydrogen-bond donors (Lipinski definition) is 0. The van der Waals surface area contributed by atoms with Crippen LogP contribution in [0, 0.1) is 5.82 Å². The molecule has 3 aromatic rings. The van der Waals surface area contributed by atoms with Crippen LogP contribution in [0.4, 0.5) is 4.39 Å². The molecular formula is C21H22FN5O. The molecule has 5 rings (SSSR count). The summed E-state index contributed by atoms with van der Waals surface area (Å²) in [6.07, 6.45) is 5.93. The molecule has 4 heterocycles. The van der Waals surface area contributed by atoms with Gasteiger partial charge in [-0.05, 0) is 29.8 Å². The predicted octanol–water partition coefficient (Wildman–Crippen LogP) is 2.44. The number of carbonyl (C=O) groups is 1. The first-order chi connectivity index (χ1) is 13.6. The molecular weight excluding hydrogens is 357 g/mol. The lowest BCUT2D eigenvalue weighted by atomic mass is 10.0. The molecule has 1 amide bonds. The molecule has 144 valence electrons. The third-order valence-electron chi connectivity index (χ3n) is 5.78. The highest BCUT2D eigenvalue weighted by Gasteiger charge is 2.44. The van der Waals surface area contributed by atoms with Gasteiger partial charge in [0, 0.05) is 51.2 Å². The summed E-state index contributed by atoms with van der Waals surface area (Å²) in [6, 6.07) is 10.6. The highest BCUT2D eigenvalue weighted by molar-refractivity contribution is 5.94. The summed E-state index contributed by atoms with van der Waals surface area (Å²) in [7, 11) is 1.92. The van der Waals surface area contributed by atoms with Crippen LogP contribution >= 0.6 is 0 Å². The maximum Gasteiger partial charge on any atom is 0.271 e. The minimum absolute atomic E-state index is 0.0406. The Kier molecular flexibility index (Phi) is 4.05. The molecule has 0 saturated carbocycles. The van der Waals surface area contributed by atoms with Crippen LogP contribution in [-0.4, -0.2) is 49.2 Å². The zero-order chi connectivity index (χ0) is 19.3. The molecule has 6 nitrogen and oxygen atoms in total. The van der Waals surface area contributed by atoms with Crippen molar-refractivity contribution < 1.29 is 9.18 Å². The summed E-state index contributed by atoms with van der Waals surface area (Å²) in [5, 5.41) is 4.26. The molecule has 28 heavy (non-hydrogen) atoms. The van der Waals surface area contributed by atoms with Crippen LogP contribution in [0.3, 0.4) is 0 Å². The van der Waals surface area contributed by atoms with Crippen molar-refractivity contribution in [1.82, 2.24) is 24.1 Å². The van der Waals surface area contributed by atoms with Gasteiger partial charge in [-0.25, -0.2) is 4.39 Å². The Morgan fingerprint density at radius 3 is 2.61 bits per heavy atom. The number of amides is 1. The number of likely N-dealkylation sites (tertiary alicyclic amines) is 1. The van der Waals surface area contributed by atoms with Crippen LogP contribution in [0.25, 0.3) is 0 Å². The zero-order valence-electron chi connectivity index (χ0n) is 15.7. The van der Waals surface area contributed by atoms with Gasteiger partial charge in [0.2, 0.25) is 0 Å². The lowest BCUT2D eigenvalue weighted by Gasteiger charge is -2.38. The van der Waals surface area contributed by atoms with Crippen molar-refractivity contribution >= 4 is 5.91 Å². The maximum atomic E-state index is 13.3. The van der Waals surface area contributed by atoms with E-state index >= 15 is 0 Å². The van der Waals surface area contributed by atoms with Crippen molar-refractivity contribution in [2.75, 3.05) is 13.1 Å². The summed E-state index contributed by atoms with van der Waals surface area (Å²) in [5.41, 5.74) is 2.84. The molecule has 2 aromatic heterocycles. The van der Waals surface area contributed by atoms with Crippen LogP contribution < -0.4 is 0 Å². The number of hydrogen-bond acceptors (Lipinski definition) is 3. The molecule has 0 N–H and O–H groups in total. The SMILES string of the molecule is Cn1cc(CN2C[C@@H]3[C@H](C2)n2cccc2C(=O)N3Cc2ccc(F)cc2)cn1. The Morgan fingerprint density at radius 1 is 1.07 bits per heavy atom. The largest absolute Gasteiger partial charge is 0.337 e. The van der Waals surface area contributed by atoms with Crippen molar-refractivity contribution in [1.29, 1.82) is 0 Å². The molecule has 2 atom stereocenters. The number of nitrogens with zero attached hydrogens (tertiary/aromatic N) is 5. The summed E-state index contributed by atoms with van der Waals surface area (Å²) in [6.45, 7) is 3.00. The average Bonchev–Trinajstić information content (AvgIpc) is 3.40. The second-order valence-electron chi connectivity index (χ2n) is 7.71. The van der Waals surface area contributed by atoms with Gasteiger partial charge in [0.15, 0.2) is 0 Å². The number of fused-ring (bicyclic) bond motifs is 3. The molecule has 0 unspecified atom stereocenters. The maximum absolute atomic E-state index is 13.3. The van der Waals surface area contributed by atoms with Gasteiger partial charge in [0.1, 0.15) is 11.5 Å². The van der Waals surface area contributed by atoms with E-state index in [1.54, 1.807) is 12.1 Å². The summed E-state index contributed by atoms with van der Waals surface area (Å²) in [4.78, 5) is 17.5. The Bertz CT molecular complexity index is 1010. The minimum atomic E-state index is -0.260. The number of aromatic nitrogens is 3. The molecule has 1 fully saturated rings. The van der Waals surface area contributed by atoms with E-state index in [4.69, 9.17) is 0 Å². The van der Waals surface area contributed by atoms with Crippen molar-refractivity contribution in [3.05, 3.63) is 77.6 Å². The zero-order valence-corrected chi connectivity index (χ0v) is 15.7. The topological polar surface area (TPSA) is 46.3 Å². The monoisotopic (exact) mass is 379 g/mol. The molecule has 2 aliphatic heterocycles. The van der Waals surface area contributed by atoms with Crippen molar-refractivity contribution in [3.8, 4) is 0 Å². The molecule has 0 bridgehead atoms. The highest BCUT2D eigenvalue weighted by atomic mass is 19.1. The standard InChI is InChI=1S/C21H22FN5O/c1-24-10-16(9-23-24)11-25-13-19-20(14-25)27(12-15-4-6-17(22)7-5-15)21(28)18-3-2-8-26(18)19/h2-10,19-20H,11-14H2,1H3/t19-,20+/m0/s1. The van der Waals surface area contributed by atoms with E-state index in [9.17, 15) is 9.18 Å². The molecule has 2 aliphatic rings. The summed E-state index contributed by atoms with van der Waals surface area (Å²) in [5.74, 6) is -0.220. The van der Waals surface area contributed by atoms with Crippen molar-refractivity contribution in [2.45, 2.75) is 25.2 Å². The fourth-order valence-electron chi connectivity index (χ4n) is 4.50. The number of carbonyl (C=O) groups excluding carboxylic acids is 1. The van der Waals surface area contributed by atoms with Gasteiger partial charge in [-0.15, -0.1) is 0 Å². The molecule has 0 radical (unpaired) electrons. The molecule has 1 saturated heterocycles. The number of halogens is 1. The van der Waals surface area contributed by atoms with Crippen LogP contribution in [0.5, 0.6) is 0 Å². The van der Waals surface area contributed by atoms with E-state index in [0.717, 1.165) is 30.9 Å². The van der Waals surface area contributed by atoms with E-state index in [2.05, 4.69) is 14.6 Å². The summed E-state index contributed by atoms with van der Waals surface area (Å²) >= 11 is 0. The van der Waals surface area contributed by atoms with Crippen LogP contribution in [0.1, 0.15) is 27.7 Å². The van der Waals surface area contributed by atoms with Gasteiger partial charge in [-0.2, -0.15) is 5.10 Å². The van der Waals surface area contributed by atoms with Crippen LogP contribution in [-0.2, 0) is 20.1 Å². The van der Waals surface area contributed by atoms with E-state index in [-0.39, 0.29) is 23.8 Å². The Labute approximate surface area is 162 Å². The van der Waals surface area contributed by atoms with Gasteiger partial charge < -0.3 is 9.47 Å². The van der Waals surface area contributed by atoms with E-state index in [1.807, 2.05) is 47.4 Å². The normalized spacial score (nSPS) is 21.8. The lowest BCUT2D eigenvalue weighted by Crippen LogP contribution is -2.49. The second kappa shape index (κ2) is 6.60. The first kappa shape index (κ1) is 17.2. The quantitative estimate of drug-likeness (QED) is 0.700. The third-order valence-corrected chi connectivity index (χ3v) is 5.78. The van der Waals surface area contributed by atoms with E-state index in [0.29, 0.717) is 6.54 Å². The van der Waals surface area contributed by atoms with Crippen LogP contribution in [0.2, 0.25) is 0 Å². The smallest absolute Gasteiger partial charge is 0.271 e. The highest BCUT2D eigenvalue weighted by Crippen LogP contribution is 2.35. The Morgan fingerprint density at radius 2 is 1.86 bits per heavy atom. The van der Waals surface area contributed by atoms with Gasteiger partial charge in [0.25, 0.3) is 5.91 Å². The third kappa shape index (κ3) is 2.92. The molecule has 1 aromatic carbocycles. The van der Waals surface area contributed by atoms with Crippen LogP contribution in [0.15, 0.2) is 55.0 Å².